The number of benzene rings is 1. The summed E-state index contributed by atoms with van der Waals surface area (Å²) in [7, 11) is 1.67. The molecule has 1 aromatic carbocycles. The first kappa shape index (κ1) is 15.4. The van der Waals surface area contributed by atoms with Crippen LogP contribution in [0.2, 0.25) is 0 Å². The van der Waals surface area contributed by atoms with Crippen molar-refractivity contribution in [3.8, 4) is 0 Å². The zero-order chi connectivity index (χ0) is 14.3. The molecule has 0 bridgehead atoms. The highest BCUT2D eigenvalue weighted by atomic mass is 16.6. The SMILES string of the molecule is CNN(CCCO)c1ccc(CCO)cc1[N+](=O)[O-]. The minimum absolute atomic E-state index is 0.0155. The van der Waals surface area contributed by atoms with E-state index in [1.165, 1.54) is 6.07 Å². The number of hydrogen-bond acceptors (Lipinski definition) is 6. The molecule has 0 saturated carbocycles. The van der Waals surface area contributed by atoms with Gasteiger partial charge < -0.3 is 15.2 Å². The summed E-state index contributed by atoms with van der Waals surface area (Å²) in [5, 5.41) is 30.4. The molecule has 0 fully saturated rings. The Morgan fingerprint density at radius 1 is 1.37 bits per heavy atom. The first-order valence-corrected chi connectivity index (χ1v) is 6.08. The summed E-state index contributed by atoms with van der Waals surface area (Å²) in [5.41, 5.74) is 4.02. The summed E-state index contributed by atoms with van der Waals surface area (Å²) in [5.74, 6) is 0. The quantitative estimate of drug-likeness (QED) is 0.468. The molecule has 19 heavy (non-hydrogen) atoms. The summed E-state index contributed by atoms with van der Waals surface area (Å²) in [6.07, 6.45) is 0.897. The monoisotopic (exact) mass is 269 g/mol. The van der Waals surface area contributed by atoms with Gasteiger partial charge in [-0.15, -0.1) is 0 Å². The van der Waals surface area contributed by atoms with Crippen LogP contribution in [-0.2, 0) is 6.42 Å². The molecule has 106 valence electrons. The van der Waals surface area contributed by atoms with E-state index in [1.807, 2.05) is 0 Å². The largest absolute Gasteiger partial charge is 0.396 e. The molecule has 0 aliphatic carbocycles. The highest BCUT2D eigenvalue weighted by Crippen LogP contribution is 2.28. The van der Waals surface area contributed by atoms with E-state index in [0.717, 1.165) is 5.56 Å². The third kappa shape index (κ3) is 4.16. The smallest absolute Gasteiger partial charge is 0.294 e. The van der Waals surface area contributed by atoms with Crippen LogP contribution in [0.25, 0.3) is 0 Å². The fourth-order valence-corrected chi connectivity index (χ4v) is 1.81. The zero-order valence-corrected chi connectivity index (χ0v) is 10.9. The molecule has 1 rings (SSSR count). The molecular formula is C12H19N3O4. The molecule has 0 aliphatic heterocycles. The van der Waals surface area contributed by atoms with Gasteiger partial charge in [0.2, 0.25) is 0 Å². The van der Waals surface area contributed by atoms with Crippen LogP contribution in [0.1, 0.15) is 12.0 Å². The number of hydrogen-bond donors (Lipinski definition) is 3. The molecule has 0 aliphatic rings. The number of nitro groups is 1. The Bertz CT molecular complexity index is 425. The van der Waals surface area contributed by atoms with Crippen molar-refractivity contribution >= 4 is 11.4 Å². The van der Waals surface area contributed by atoms with Gasteiger partial charge in [0.05, 0.1) is 4.92 Å². The maximum atomic E-state index is 11.1. The summed E-state index contributed by atoms with van der Waals surface area (Å²) < 4.78 is 0. The van der Waals surface area contributed by atoms with Crippen molar-refractivity contribution in [2.24, 2.45) is 0 Å². The van der Waals surface area contributed by atoms with E-state index < -0.39 is 4.92 Å². The van der Waals surface area contributed by atoms with Crippen LogP contribution < -0.4 is 10.4 Å². The Morgan fingerprint density at radius 2 is 2.11 bits per heavy atom. The highest BCUT2D eigenvalue weighted by Gasteiger charge is 2.19. The van der Waals surface area contributed by atoms with Crippen LogP contribution in [-0.4, -0.2) is 41.9 Å². The van der Waals surface area contributed by atoms with Crippen molar-refractivity contribution in [3.63, 3.8) is 0 Å². The molecule has 0 unspecified atom stereocenters. The zero-order valence-electron chi connectivity index (χ0n) is 10.9. The summed E-state index contributed by atoms with van der Waals surface area (Å²) in [4.78, 5) is 10.7. The van der Waals surface area contributed by atoms with E-state index in [9.17, 15) is 10.1 Å². The molecule has 7 heteroatoms. The predicted octanol–water partition coefficient (Wildman–Crippen LogP) is 0.453. The third-order valence-corrected chi connectivity index (χ3v) is 2.74. The van der Waals surface area contributed by atoms with E-state index >= 15 is 0 Å². The number of anilines is 1. The standard InChI is InChI=1S/C12H19N3O4/c1-13-14(6-2-7-16)11-4-3-10(5-8-17)9-12(11)15(18)19/h3-4,9,13,16-17H,2,5-8H2,1H3. The van der Waals surface area contributed by atoms with Crippen molar-refractivity contribution in [1.29, 1.82) is 0 Å². The molecule has 0 aromatic heterocycles. The van der Waals surface area contributed by atoms with Gasteiger partial charge in [-0.1, -0.05) is 6.07 Å². The van der Waals surface area contributed by atoms with Gasteiger partial charge in [0.25, 0.3) is 5.69 Å². The predicted molar refractivity (Wildman–Crippen MR) is 72.0 cm³/mol. The van der Waals surface area contributed by atoms with Crippen LogP contribution in [0.15, 0.2) is 18.2 Å². The van der Waals surface area contributed by atoms with Crippen LogP contribution in [0.3, 0.4) is 0 Å². The van der Waals surface area contributed by atoms with Gasteiger partial charge in [-0.25, -0.2) is 5.43 Å². The minimum atomic E-state index is -0.445. The Labute approximate surface area is 111 Å². The van der Waals surface area contributed by atoms with Crippen LogP contribution in [0.5, 0.6) is 0 Å². The van der Waals surface area contributed by atoms with Crippen molar-refractivity contribution < 1.29 is 15.1 Å². The second kappa shape index (κ2) is 7.67. The van der Waals surface area contributed by atoms with Crippen molar-refractivity contribution in [1.82, 2.24) is 5.43 Å². The number of aliphatic hydroxyl groups excluding tert-OH is 2. The Hall–Kier alpha value is -1.70. The number of nitrogens with zero attached hydrogens (tertiary/aromatic N) is 2. The molecule has 0 saturated heterocycles. The molecule has 0 atom stereocenters. The van der Waals surface area contributed by atoms with Gasteiger partial charge in [-0.3, -0.25) is 10.1 Å². The lowest BCUT2D eigenvalue weighted by Crippen LogP contribution is -2.36. The fourth-order valence-electron chi connectivity index (χ4n) is 1.81. The lowest BCUT2D eigenvalue weighted by atomic mass is 10.1. The lowest BCUT2D eigenvalue weighted by molar-refractivity contribution is -0.384. The molecule has 3 N–H and O–H groups in total. The average Bonchev–Trinajstić information content (AvgIpc) is 2.40. The molecular weight excluding hydrogens is 250 g/mol. The number of nitro benzene ring substituents is 1. The van der Waals surface area contributed by atoms with Gasteiger partial charge in [0, 0.05) is 32.9 Å². The number of hydrazine groups is 1. The van der Waals surface area contributed by atoms with Crippen LogP contribution in [0, 0.1) is 10.1 Å². The van der Waals surface area contributed by atoms with Crippen LogP contribution >= 0.6 is 0 Å². The molecule has 0 amide bonds. The minimum Gasteiger partial charge on any atom is -0.396 e. The molecule has 0 heterocycles. The van der Waals surface area contributed by atoms with Gasteiger partial charge in [-0.05, 0) is 24.5 Å². The lowest BCUT2D eigenvalue weighted by Gasteiger charge is -2.23. The van der Waals surface area contributed by atoms with Crippen molar-refractivity contribution in [3.05, 3.63) is 33.9 Å². The normalized spacial score (nSPS) is 10.5. The second-order valence-corrected chi connectivity index (χ2v) is 4.01. The number of rotatable bonds is 8. The van der Waals surface area contributed by atoms with Gasteiger partial charge in [-0.2, -0.15) is 0 Å². The molecule has 7 nitrogen and oxygen atoms in total. The second-order valence-electron chi connectivity index (χ2n) is 4.01. The van der Waals surface area contributed by atoms with Gasteiger partial charge >= 0.3 is 0 Å². The number of nitrogens with one attached hydrogen (secondary N) is 1. The fraction of sp³-hybridized carbons (Fsp3) is 0.500. The van der Waals surface area contributed by atoms with E-state index in [0.29, 0.717) is 25.1 Å². The molecule has 0 radical (unpaired) electrons. The van der Waals surface area contributed by atoms with E-state index in [-0.39, 0.29) is 18.9 Å². The van der Waals surface area contributed by atoms with E-state index in [2.05, 4.69) is 5.43 Å². The first-order chi connectivity index (χ1) is 9.13. The molecule has 0 spiro atoms. The molecule has 1 aromatic rings. The summed E-state index contributed by atoms with van der Waals surface area (Å²) in [6.45, 7) is 0.443. The topological polar surface area (TPSA) is 98.9 Å². The average molecular weight is 269 g/mol. The Balaban J connectivity index is 3.06. The maximum absolute atomic E-state index is 11.1. The van der Waals surface area contributed by atoms with Crippen LogP contribution in [0.4, 0.5) is 11.4 Å². The van der Waals surface area contributed by atoms with Gasteiger partial charge in [0.1, 0.15) is 5.69 Å². The van der Waals surface area contributed by atoms with E-state index in [4.69, 9.17) is 10.2 Å². The van der Waals surface area contributed by atoms with Gasteiger partial charge in [0.15, 0.2) is 0 Å². The summed E-state index contributed by atoms with van der Waals surface area (Å²) in [6, 6.07) is 4.87. The Kier molecular flexibility index (Phi) is 6.20. The maximum Gasteiger partial charge on any atom is 0.294 e. The number of aliphatic hydroxyl groups is 2. The first-order valence-electron chi connectivity index (χ1n) is 6.08. The highest BCUT2D eigenvalue weighted by molar-refractivity contribution is 5.63. The van der Waals surface area contributed by atoms with Crippen molar-refractivity contribution in [2.45, 2.75) is 12.8 Å². The Morgan fingerprint density at radius 3 is 2.63 bits per heavy atom. The summed E-state index contributed by atoms with van der Waals surface area (Å²) >= 11 is 0. The third-order valence-electron chi connectivity index (χ3n) is 2.74. The van der Waals surface area contributed by atoms with E-state index in [1.54, 1.807) is 24.2 Å². The van der Waals surface area contributed by atoms with Crippen molar-refractivity contribution in [2.75, 3.05) is 31.8 Å².